The molecule has 0 bridgehead atoms. The number of hydrogen-bond donors (Lipinski definition) is 1. The Hall–Kier alpha value is -0.340. The quantitative estimate of drug-likeness (QED) is 0.761. The average Bonchev–Trinajstić information content (AvgIpc) is 2.76. The van der Waals surface area contributed by atoms with Gasteiger partial charge in [0.1, 0.15) is 0 Å². The molecule has 114 valence electrons. The molecule has 0 aromatic carbocycles. The summed E-state index contributed by atoms with van der Waals surface area (Å²) < 4.78 is 0. The molecule has 0 saturated heterocycles. The molecule has 1 aromatic rings. The summed E-state index contributed by atoms with van der Waals surface area (Å²) >= 11 is 1.95. The first-order chi connectivity index (χ1) is 9.42. The van der Waals surface area contributed by atoms with Crippen LogP contribution in [-0.4, -0.2) is 6.04 Å². The van der Waals surface area contributed by atoms with Crippen LogP contribution in [0.5, 0.6) is 0 Å². The van der Waals surface area contributed by atoms with Crippen LogP contribution in [-0.2, 0) is 6.54 Å². The number of rotatable bonds is 5. The highest BCUT2D eigenvalue weighted by molar-refractivity contribution is 7.12. The van der Waals surface area contributed by atoms with Crippen molar-refractivity contribution in [2.45, 2.75) is 79.3 Å². The second-order valence-electron chi connectivity index (χ2n) is 7.22. The maximum Gasteiger partial charge on any atom is 0.0302 e. The Morgan fingerprint density at radius 3 is 2.35 bits per heavy atom. The van der Waals surface area contributed by atoms with Gasteiger partial charge in [-0.2, -0.15) is 0 Å². The van der Waals surface area contributed by atoms with Crippen LogP contribution in [0, 0.1) is 25.2 Å². The fraction of sp³-hybridized carbons (Fsp3) is 0.778. The van der Waals surface area contributed by atoms with Crippen LogP contribution >= 0.6 is 11.3 Å². The molecule has 0 radical (unpaired) electrons. The van der Waals surface area contributed by atoms with E-state index in [9.17, 15) is 0 Å². The minimum Gasteiger partial charge on any atom is -0.309 e. The van der Waals surface area contributed by atoms with E-state index in [1.807, 2.05) is 11.3 Å². The van der Waals surface area contributed by atoms with E-state index in [4.69, 9.17) is 0 Å². The Balaban J connectivity index is 1.77. The first-order valence-corrected chi connectivity index (χ1v) is 9.03. The first kappa shape index (κ1) is 16.0. The van der Waals surface area contributed by atoms with E-state index < -0.39 is 0 Å². The largest absolute Gasteiger partial charge is 0.309 e. The van der Waals surface area contributed by atoms with Crippen LogP contribution in [0.25, 0.3) is 0 Å². The minimum absolute atomic E-state index is 0.535. The second-order valence-corrected chi connectivity index (χ2v) is 8.56. The molecule has 0 unspecified atom stereocenters. The fourth-order valence-electron chi connectivity index (χ4n) is 3.35. The lowest BCUT2D eigenvalue weighted by molar-refractivity contribution is 0.137. The highest BCUT2D eigenvalue weighted by atomic mass is 32.1. The van der Waals surface area contributed by atoms with Crippen LogP contribution in [0.15, 0.2) is 6.07 Å². The minimum atomic E-state index is 0.535. The zero-order chi connectivity index (χ0) is 14.8. The van der Waals surface area contributed by atoms with Crippen molar-refractivity contribution >= 4 is 11.3 Å². The Labute approximate surface area is 129 Å². The molecule has 1 saturated carbocycles. The molecule has 1 heterocycles. The smallest absolute Gasteiger partial charge is 0.0302 e. The highest BCUT2D eigenvalue weighted by Crippen LogP contribution is 2.40. The second kappa shape index (κ2) is 6.62. The molecule has 2 heteroatoms. The van der Waals surface area contributed by atoms with Gasteiger partial charge in [-0.15, -0.1) is 11.3 Å². The average molecular weight is 294 g/mol. The molecule has 2 rings (SSSR count). The van der Waals surface area contributed by atoms with Gasteiger partial charge in [0.05, 0.1) is 0 Å². The predicted octanol–water partition coefficient (Wildman–Crippen LogP) is 5.45. The topological polar surface area (TPSA) is 12.0 Å². The molecular weight excluding hydrogens is 262 g/mol. The molecule has 1 N–H and O–H groups in total. The van der Waals surface area contributed by atoms with Crippen LogP contribution in [0.4, 0.5) is 0 Å². The van der Waals surface area contributed by atoms with Crippen molar-refractivity contribution in [1.82, 2.24) is 5.32 Å². The highest BCUT2D eigenvalue weighted by Gasteiger charge is 2.31. The zero-order valence-electron chi connectivity index (χ0n) is 13.9. The molecule has 20 heavy (non-hydrogen) atoms. The summed E-state index contributed by atoms with van der Waals surface area (Å²) in [6, 6.07) is 3.08. The van der Waals surface area contributed by atoms with Crippen LogP contribution in [0.2, 0.25) is 0 Å². The third-order valence-electron chi connectivity index (χ3n) is 5.53. The molecule has 0 spiro atoms. The monoisotopic (exact) mass is 293 g/mol. The maximum atomic E-state index is 3.78. The summed E-state index contributed by atoms with van der Waals surface area (Å²) in [4.78, 5) is 2.96. The molecule has 1 aliphatic carbocycles. The van der Waals surface area contributed by atoms with Crippen molar-refractivity contribution in [3.05, 3.63) is 21.4 Å². The van der Waals surface area contributed by atoms with Gasteiger partial charge < -0.3 is 5.32 Å². The van der Waals surface area contributed by atoms with Crippen LogP contribution in [0.1, 0.15) is 68.2 Å². The summed E-state index contributed by atoms with van der Waals surface area (Å²) in [6.45, 7) is 12.7. The Morgan fingerprint density at radius 2 is 1.85 bits per heavy atom. The standard InChI is InChI=1S/C18H31NS/c1-6-18(4,5)15-7-9-16(10-8-15)19-12-17-11-13(2)14(3)20-17/h11,15-16,19H,6-10,12H2,1-5H3. The van der Waals surface area contributed by atoms with Gasteiger partial charge in [0.2, 0.25) is 0 Å². The molecule has 0 amide bonds. The van der Waals surface area contributed by atoms with Gasteiger partial charge in [0.15, 0.2) is 0 Å². The zero-order valence-corrected chi connectivity index (χ0v) is 14.7. The summed E-state index contributed by atoms with van der Waals surface area (Å²) in [6.07, 6.45) is 6.83. The van der Waals surface area contributed by atoms with Crippen molar-refractivity contribution in [1.29, 1.82) is 0 Å². The number of nitrogens with one attached hydrogen (secondary N) is 1. The van der Waals surface area contributed by atoms with Gasteiger partial charge in [-0.05, 0) is 62.5 Å². The Kier molecular flexibility index (Phi) is 5.30. The number of thiophene rings is 1. The third-order valence-corrected chi connectivity index (χ3v) is 6.68. The summed E-state index contributed by atoms with van der Waals surface area (Å²) in [5, 5.41) is 3.78. The summed E-state index contributed by atoms with van der Waals surface area (Å²) in [7, 11) is 0. The Bertz CT molecular complexity index is 405. The molecule has 0 aliphatic heterocycles. The van der Waals surface area contributed by atoms with E-state index in [0.29, 0.717) is 5.41 Å². The van der Waals surface area contributed by atoms with Gasteiger partial charge in [0.25, 0.3) is 0 Å². The van der Waals surface area contributed by atoms with Crippen molar-refractivity contribution in [2.75, 3.05) is 0 Å². The van der Waals surface area contributed by atoms with Crippen molar-refractivity contribution < 1.29 is 0 Å². The van der Waals surface area contributed by atoms with Gasteiger partial charge >= 0.3 is 0 Å². The van der Waals surface area contributed by atoms with E-state index in [-0.39, 0.29) is 0 Å². The van der Waals surface area contributed by atoms with Gasteiger partial charge in [-0.25, -0.2) is 0 Å². The van der Waals surface area contributed by atoms with E-state index in [1.54, 1.807) is 0 Å². The van der Waals surface area contributed by atoms with Gasteiger partial charge in [-0.3, -0.25) is 0 Å². The summed E-state index contributed by atoms with van der Waals surface area (Å²) in [5.74, 6) is 0.928. The lowest BCUT2D eigenvalue weighted by Gasteiger charge is -2.39. The SMILES string of the molecule is CCC(C)(C)C1CCC(NCc2cc(C)c(C)s2)CC1. The predicted molar refractivity (Wildman–Crippen MR) is 90.5 cm³/mol. The molecular formula is C18H31NS. The normalized spacial score (nSPS) is 24.1. The fourth-order valence-corrected chi connectivity index (χ4v) is 4.35. The molecule has 1 fully saturated rings. The van der Waals surface area contributed by atoms with Gasteiger partial charge in [0, 0.05) is 22.3 Å². The van der Waals surface area contributed by atoms with E-state index in [1.165, 1.54) is 47.4 Å². The third kappa shape index (κ3) is 3.85. The van der Waals surface area contributed by atoms with Crippen molar-refractivity contribution in [3.8, 4) is 0 Å². The molecule has 0 atom stereocenters. The molecule has 1 aromatic heterocycles. The van der Waals surface area contributed by atoms with E-state index >= 15 is 0 Å². The van der Waals surface area contributed by atoms with Crippen molar-refractivity contribution in [3.63, 3.8) is 0 Å². The van der Waals surface area contributed by atoms with E-state index in [0.717, 1.165) is 18.5 Å². The van der Waals surface area contributed by atoms with E-state index in [2.05, 4.69) is 46.0 Å². The van der Waals surface area contributed by atoms with Crippen LogP contribution in [0.3, 0.4) is 0 Å². The summed E-state index contributed by atoms with van der Waals surface area (Å²) in [5.41, 5.74) is 1.98. The molecule has 1 nitrogen and oxygen atoms in total. The lowest BCUT2D eigenvalue weighted by Crippen LogP contribution is -2.36. The number of aryl methyl sites for hydroxylation is 2. The molecule has 1 aliphatic rings. The maximum absolute atomic E-state index is 3.78. The Morgan fingerprint density at radius 1 is 1.20 bits per heavy atom. The first-order valence-electron chi connectivity index (χ1n) is 8.21. The van der Waals surface area contributed by atoms with Crippen molar-refractivity contribution in [2.24, 2.45) is 11.3 Å². The number of hydrogen-bond acceptors (Lipinski definition) is 2. The van der Waals surface area contributed by atoms with Gasteiger partial charge in [-0.1, -0.05) is 27.2 Å². The lowest BCUT2D eigenvalue weighted by atomic mass is 9.69. The van der Waals surface area contributed by atoms with Crippen LogP contribution < -0.4 is 5.32 Å².